The Kier molecular flexibility index (Phi) is 8.10. The molecule has 1 heterocycles. The van der Waals surface area contributed by atoms with Crippen LogP contribution in [-0.2, 0) is 12.8 Å². The number of nitrogens with zero attached hydrogens (tertiary/aromatic N) is 3. The van der Waals surface area contributed by atoms with Crippen molar-refractivity contribution in [1.29, 1.82) is 0 Å². The van der Waals surface area contributed by atoms with Gasteiger partial charge in [-0.05, 0) is 48.1 Å². The molecule has 0 aromatic heterocycles. The van der Waals surface area contributed by atoms with E-state index in [4.69, 9.17) is 17.0 Å². The average Bonchev–Trinajstić information content (AvgIpc) is 2.92. The van der Waals surface area contributed by atoms with Crippen molar-refractivity contribution >= 4 is 34.6 Å². The molecule has 3 aromatic rings. The Balaban J connectivity index is 1.34. The van der Waals surface area contributed by atoms with Crippen LogP contribution in [0.25, 0.3) is 0 Å². The third-order valence-electron chi connectivity index (χ3n) is 5.97. The summed E-state index contributed by atoms with van der Waals surface area (Å²) in [5, 5.41) is 14.3. The number of hydrogen-bond acceptors (Lipinski definition) is 6. The van der Waals surface area contributed by atoms with Gasteiger partial charge in [0.05, 0.1) is 10.5 Å². The molecule has 8 nitrogen and oxygen atoms in total. The lowest BCUT2D eigenvalue weighted by molar-refractivity contribution is -0.384. The molecule has 0 aliphatic carbocycles. The summed E-state index contributed by atoms with van der Waals surface area (Å²) in [6.07, 6.45) is -4.68. The summed E-state index contributed by atoms with van der Waals surface area (Å²) in [6, 6.07) is 18.8. The fourth-order valence-electron chi connectivity index (χ4n) is 3.98. The van der Waals surface area contributed by atoms with Gasteiger partial charge < -0.3 is 14.5 Å². The van der Waals surface area contributed by atoms with E-state index in [9.17, 15) is 28.1 Å². The van der Waals surface area contributed by atoms with E-state index >= 15 is 0 Å². The third kappa shape index (κ3) is 6.57. The molecule has 0 atom stereocenters. The molecule has 0 radical (unpaired) electrons. The lowest BCUT2D eigenvalue weighted by Gasteiger charge is -2.37. The third-order valence-corrected chi connectivity index (χ3v) is 6.33. The minimum Gasteiger partial charge on any atom is -0.489 e. The van der Waals surface area contributed by atoms with Crippen LogP contribution in [0.5, 0.6) is 5.75 Å². The van der Waals surface area contributed by atoms with Gasteiger partial charge in [0.15, 0.2) is 5.11 Å². The molecule has 12 heteroatoms. The van der Waals surface area contributed by atoms with E-state index in [1.807, 2.05) is 30.3 Å². The minimum absolute atomic E-state index is 0.102. The standard InChI is InChI=1S/C26H23F3N4O4S/c27-26(28,29)20-9-10-22(23(16-20)33(35)36)31-11-13-32(14-12-31)25(38)30-24(34)19-7-4-8-21(15-19)37-17-18-5-2-1-3-6-18/h1-10,15-16H,11-14,17H2,(H,30,34,38). The highest BCUT2D eigenvalue weighted by atomic mass is 32.1. The number of piperazine rings is 1. The number of rotatable bonds is 6. The van der Waals surface area contributed by atoms with Gasteiger partial charge in [-0.3, -0.25) is 20.2 Å². The van der Waals surface area contributed by atoms with Gasteiger partial charge in [0.25, 0.3) is 11.6 Å². The molecule has 3 aromatic carbocycles. The number of halogens is 3. The van der Waals surface area contributed by atoms with Gasteiger partial charge >= 0.3 is 6.18 Å². The quantitative estimate of drug-likeness (QED) is 0.265. The second-order valence-electron chi connectivity index (χ2n) is 8.49. The summed E-state index contributed by atoms with van der Waals surface area (Å²) in [6.45, 7) is 1.52. The molecule has 0 saturated carbocycles. The van der Waals surface area contributed by atoms with Crippen molar-refractivity contribution in [3.8, 4) is 5.75 Å². The predicted molar refractivity (Wildman–Crippen MR) is 139 cm³/mol. The second kappa shape index (κ2) is 11.5. The summed E-state index contributed by atoms with van der Waals surface area (Å²) in [5.74, 6) is 0.111. The first kappa shape index (κ1) is 26.9. The van der Waals surface area contributed by atoms with Crippen LogP contribution in [0.2, 0.25) is 0 Å². The molecule has 0 unspecified atom stereocenters. The van der Waals surface area contributed by atoms with Crippen molar-refractivity contribution in [2.75, 3.05) is 31.1 Å². The number of nitro benzene ring substituents is 1. The van der Waals surface area contributed by atoms with Gasteiger partial charge in [0, 0.05) is 37.8 Å². The maximum atomic E-state index is 13.0. The highest BCUT2D eigenvalue weighted by Crippen LogP contribution is 2.36. The first-order valence-corrected chi connectivity index (χ1v) is 12.0. The van der Waals surface area contributed by atoms with Gasteiger partial charge in [-0.2, -0.15) is 13.2 Å². The number of hydrogen-bond donors (Lipinski definition) is 1. The number of nitro groups is 1. The Morgan fingerprint density at radius 1 is 1.00 bits per heavy atom. The monoisotopic (exact) mass is 544 g/mol. The molecule has 0 bridgehead atoms. The first-order valence-electron chi connectivity index (χ1n) is 11.6. The molecular weight excluding hydrogens is 521 g/mol. The smallest absolute Gasteiger partial charge is 0.416 e. The van der Waals surface area contributed by atoms with Gasteiger partial charge in [0.2, 0.25) is 0 Å². The maximum absolute atomic E-state index is 13.0. The zero-order valence-electron chi connectivity index (χ0n) is 20.0. The fourth-order valence-corrected chi connectivity index (χ4v) is 4.26. The number of alkyl halides is 3. The highest BCUT2D eigenvalue weighted by molar-refractivity contribution is 7.80. The van der Waals surface area contributed by atoms with E-state index < -0.39 is 28.3 Å². The molecule has 1 saturated heterocycles. The van der Waals surface area contributed by atoms with Crippen LogP contribution in [0.3, 0.4) is 0 Å². The Morgan fingerprint density at radius 2 is 1.71 bits per heavy atom. The summed E-state index contributed by atoms with van der Waals surface area (Å²) < 4.78 is 44.8. The highest BCUT2D eigenvalue weighted by Gasteiger charge is 2.34. The van der Waals surface area contributed by atoms with Crippen LogP contribution in [0.1, 0.15) is 21.5 Å². The molecule has 1 aliphatic heterocycles. The van der Waals surface area contributed by atoms with Crippen molar-refractivity contribution in [2.24, 2.45) is 0 Å². The van der Waals surface area contributed by atoms with E-state index in [1.54, 1.807) is 34.1 Å². The van der Waals surface area contributed by atoms with E-state index in [2.05, 4.69) is 5.32 Å². The van der Waals surface area contributed by atoms with Crippen LogP contribution < -0.4 is 15.0 Å². The molecule has 1 fully saturated rings. The zero-order valence-corrected chi connectivity index (χ0v) is 20.8. The second-order valence-corrected chi connectivity index (χ2v) is 8.88. The predicted octanol–water partition coefficient (Wildman–Crippen LogP) is 5.03. The molecule has 0 spiro atoms. The number of benzene rings is 3. The van der Waals surface area contributed by atoms with E-state index in [1.165, 1.54) is 0 Å². The molecule has 198 valence electrons. The Labute approximate surface area is 221 Å². The topological polar surface area (TPSA) is 88.0 Å². The fraction of sp³-hybridized carbons (Fsp3) is 0.231. The van der Waals surface area contributed by atoms with Crippen LogP contribution >= 0.6 is 12.2 Å². The number of amides is 1. The first-order chi connectivity index (χ1) is 18.1. The van der Waals surface area contributed by atoms with Gasteiger partial charge in [-0.25, -0.2) is 0 Å². The summed E-state index contributed by atoms with van der Waals surface area (Å²) in [4.78, 5) is 26.8. The summed E-state index contributed by atoms with van der Waals surface area (Å²) in [7, 11) is 0. The van der Waals surface area contributed by atoms with Crippen LogP contribution in [0.15, 0.2) is 72.8 Å². The average molecular weight is 545 g/mol. The van der Waals surface area contributed by atoms with Crippen LogP contribution in [0, 0.1) is 10.1 Å². The lowest BCUT2D eigenvalue weighted by atomic mass is 10.1. The number of carbonyl (C=O) groups excluding carboxylic acids is 1. The normalized spacial score (nSPS) is 13.7. The number of anilines is 1. The maximum Gasteiger partial charge on any atom is 0.416 e. The number of carbonyl (C=O) groups is 1. The van der Waals surface area contributed by atoms with Gasteiger partial charge in [0.1, 0.15) is 18.0 Å². The summed E-state index contributed by atoms with van der Waals surface area (Å²) >= 11 is 5.39. The SMILES string of the molecule is O=C(NC(=S)N1CCN(c2ccc(C(F)(F)F)cc2[N+](=O)[O-])CC1)c1cccc(OCc2ccccc2)c1. The van der Waals surface area contributed by atoms with Gasteiger partial charge in [-0.15, -0.1) is 0 Å². The van der Waals surface area contributed by atoms with E-state index in [0.717, 1.165) is 17.7 Å². The number of ether oxygens (including phenoxy) is 1. The van der Waals surface area contributed by atoms with Crippen molar-refractivity contribution in [3.63, 3.8) is 0 Å². The molecule has 38 heavy (non-hydrogen) atoms. The number of thiocarbonyl (C=S) groups is 1. The Morgan fingerprint density at radius 3 is 2.37 bits per heavy atom. The van der Waals surface area contributed by atoms with E-state index in [0.29, 0.717) is 37.1 Å². The largest absolute Gasteiger partial charge is 0.489 e. The van der Waals surface area contributed by atoms with Crippen molar-refractivity contribution in [1.82, 2.24) is 10.2 Å². The molecule has 1 amide bonds. The van der Waals surface area contributed by atoms with Gasteiger partial charge in [-0.1, -0.05) is 36.4 Å². The van der Waals surface area contributed by atoms with Crippen LogP contribution in [0.4, 0.5) is 24.5 Å². The minimum atomic E-state index is -4.68. The summed E-state index contributed by atoms with van der Waals surface area (Å²) in [5.41, 5.74) is -0.241. The number of nitrogens with one attached hydrogen (secondary N) is 1. The van der Waals surface area contributed by atoms with Crippen molar-refractivity contribution in [2.45, 2.75) is 12.8 Å². The van der Waals surface area contributed by atoms with Crippen molar-refractivity contribution < 1.29 is 27.6 Å². The van der Waals surface area contributed by atoms with E-state index in [-0.39, 0.29) is 23.9 Å². The lowest BCUT2D eigenvalue weighted by Crippen LogP contribution is -2.52. The molecule has 1 aliphatic rings. The molecule has 4 rings (SSSR count). The molecule has 1 N–H and O–H groups in total. The Bertz CT molecular complexity index is 1330. The van der Waals surface area contributed by atoms with Crippen LogP contribution in [-0.4, -0.2) is 47.0 Å². The Hall–Kier alpha value is -4.19. The van der Waals surface area contributed by atoms with Crippen molar-refractivity contribution in [3.05, 3.63) is 99.6 Å². The zero-order chi connectivity index (χ0) is 27.3. The molecular formula is C26H23F3N4O4S.